The molecule has 8 aliphatic rings. The molecule has 0 spiro atoms. The number of fused-ring (bicyclic) bond motifs is 8. The van der Waals surface area contributed by atoms with E-state index in [1.165, 1.54) is 87.2 Å². The first-order valence-electron chi connectivity index (χ1n) is 25.5. The summed E-state index contributed by atoms with van der Waals surface area (Å²) in [4.78, 5) is 5.33. The molecule has 4 heteroatoms. The zero-order valence-corrected chi connectivity index (χ0v) is 39.1. The molecule has 6 unspecified atom stereocenters. The second-order valence-electron chi connectivity index (χ2n) is 21.0. The molecule has 5 aromatic rings. The number of hydrogen-bond donors (Lipinski definition) is 1. The molecule has 4 aromatic carbocycles. The number of para-hydroxylation sites is 2. The van der Waals surface area contributed by atoms with E-state index >= 15 is 0 Å². The van der Waals surface area contributed by atoms with E-state index < -0.39 is 0 Å². The van der Waals surface area contributed by atoms with Crippen molar-refractivity contribution in [2.75, 3.05) is 15.1 Å². The van der Waals surface area contributed by atoms with Gasteiger partial charge in [-0.15, -0.1) is 0 Å². The van der Waals surface area contributed by atoms with Gasteiger partial charge >= 0.3 is 0 Å². The molecule has 1 aromatic heterocycles. The van der Waals surface area contributed by atoms with Gasteiger partial charge in [0.15, 0.2) is 0 Å². The Morgan fingerprint density at radius 2 is 1.51 bits per heavy atom. The van der Waals surface area contributed by atoms with E-state index in [9.17, 15) is 0 Å². The number of allylic oxidation sites excluding steroid dienone is 15. The van der Waals surface area contributed by atoms with Crippen molar-refractivity contribution in [2.24, 2.45) is 17.3 Å². The van der Waals surface area contributed by atoms with Crippen LogP contribution in [0.4, 0.5) is 17.1 Å². The number of rotatable bonds is 8. The summed E-state index contributed by atoms with van der Waals surface area (Å²) in [5, 5.41) is 6.47. The second-order valence-corrected chi connectivity index (χ2v) is 21.0. The Morgan fingerprint density at radius 3 is 2.36 bits per heavy atom. The van der Waals surface area contributed by atoms with Crippen molar-refractivity contribution in [1.82, 2.24) is 4.57 Å². The van der Waals surface area contributed by atoms with Gasteiger partial charge in [-0.2, -0.15) is 0 Å². The van der Waals surface area contributed by atoms with E-state index in [1.807, 2.05) is 0 Å². The third-order valence-electron chi connectivity index (χ3n) is 17.0. The molecule has 4 nitrogen and oxygen atoms in total. The van der Waals surface area contributed by atoms with E-state index in [4.69, 9.17) is 0 Å². The Kier molecular flexibility index (Phi) is 9.95. The van der Waals surface area contributed by atoms with E-state index in [-0.39, 0.29) is 11.5 Å². The van der Waals surface area contributed by atoms with Crippen molar-refractivity contribution in [3.63, 3.8) is 0 Å². The lowest BCUT2D eigenvalue weighted by molar-refractivity contribution is 0.336. The zero-order chi connectivity index (χ0) is 44.6. The number of aromatic nitrogens is 1. The van der Waals surface area contributed by atoms with Crippen LogP contribution in [0.3, 0.4) is 0 Å². The minimum Gasteiger partial charge on any atom is -0.381 e. The highest BCUT2D eigenvalue weighted by Gasteiger charge is 2.45. The predicted octanol–water partition coefficient (Wildman–Crippen LogP) is 15.7. The van der Waals surface area contributed by atoms with Gasteiger partial charge in [-0.3, -0.25) is 0 Å². The fraction of sp³-hybridized carbons (Fsp3) is 0.302. The van der Waals surface area contributed by atoms with Gasteiger partial charge in [0.2, 0.25) is 0 Å². The van der Waals surface area contributed by atoms with Gasteiger partial charge in [-0.05, 0) is 152 Å². The van der Waals surface area contributed by atoms with Gasteiger partial charge in [-0.1, -0.05) is 142 Å². The first kappa shape index (κ1) is 40.7. The fourth-order valence-electron chi connectivity index (χ4n) is 13.6. The number of nitrogens with one attached hydrogen (secondary N) is 1. The van der Waals surface area contributed by atoms with E-state index in [2.05, 4.69) is 210 Å². The molecule has 67 heavy (non-hydrogen) atoms. The summed E-state index contributed by atoms with van der Waals surface area (Å²) in [6.45, 7) is 4.93. The average molecular weight is 875 g/mol. The van der Waals surface area contributed by atoms with Crippen LogP contribution in [-0.2, 0) is 0 Å². The topological polar surface area (TPSA) is 23.4 Å². The SMILES string of the molecule is CC1(C)C2=C(CC(N(C3=CCC(C4=CC=C(N(c5ccc6c(c5)C5CCCCC5N6)C5C=CC=CC5)CC4)C=C3)c3ccc4c(c3)c3ccccc3n4-c3ccccc3)C=C2)C2=CC=CCC21. The van der Waals surface area contributed by atoms with Crippen molar-refractivity contribution in [1.29, 1.82) is 0 Å². The quantitative estimate of drug-likeness (QED) is 0.168. The molecular weight excluding hydrogens is 813 g/mol. The lowest BCUT2D eigenvalue weighted by Crippen LogP contribution is -2.35. The number of hydrogen-bond acceptors (Lipinski definition) is 3. The number of nitrogens with zero attached hydrogens (tertiary/aromatic N) is 3. The second kappa shape index (κ2) is 16.4. The summed E-state index contributed by atoms with van der Waals surface area (Å²) in [6.07, 6.45) is 45.3. The van der Waals surface area contributed by atoms with Crippen LogP contribution >= 0.6 is 0 Å². The molecule has 334 valence electrons. The summed E-state index contributed by atoms with van der Waals surface area (Å²) < 4.78 is 2.43. The van der Waals surface area contributed by atoms with Crippen molar-refractivity contribution in [3.8, 4) is 5.69 Å². The van der Waals surface area contributed by atoms with Gasteiger partial charge < -0.3 is 19.7 Å². The normalized spacial score (nSPS) is 26.6. The Hall–Kier alpha value is -6.52. The van der Waals surface area contributed by atoms with Crippen LogP contribution in [0.5, 0.6) is 0 Å². The molecule has 6 atom stereocenters. The first-order valence-corrected chi connectivity index (χ1v) is 25.5. The highest BCUT2D eigenvalue weighted by atomic mass is 15.2. The predicted molar refractivity (Wildman–Crippen MR) is 282 cm³/mol. The average Bonchev–Trinajstić information content (AvgIpc) is 4.00. The van der Waals surface area contributed by atoms with Gasteiger partial charge in [0.25, 0.3) is 0 Å². The fourth-order valence-corrected chi connectivity index (χ4v) is 13.6. The lowest BCUT2D eigenvalue weighted by Gasteiger charge is -2.38. The molecular formula is C63H62N4. The third-order valence-corrected chi connectivity index (χ3v) is 17.0. The van der Waals surface area contributed by atoms with E-state index in [0.717, 1.165) is 38.5 Å². The maximum atomic E-state index is 3.89. The van der Waals surface area contributed by atoms with Crippen LogP contribution in [0.2, 0.25) is 0 Å². The summed E-state index contributed by atoms with van der Waals surface area (Å²) in [6, 6.07) is 35.4. The summed E-state index contributed by atoms with van der Waals surface area (Å²) >= 11 is 0. The Bertz CT molecular complexity index is 3130. The van der Waals surface area contributed by atoms with Crippen LogP contribution < -0.4 is 15.1 Å². The third kappa shape index (κ3) is 6.84. The molecule has 0 radical (unpaired) electrons. The molecule has 0 amide bonds. The van der Waals surface area contributed by atoms with E-state index in [1.54, 1.807) is 22.3 Å². The van der Waals surface area contributed by atoms with Crippen molar-refractivity contribution in [2.45, 2.75) is 102 Å². The van der Waals surface area contributed by atoms with Crippen molar-refractivity contribution >= 4 is 38.9 Å². The molecule has 2 heterocycles. The Labute approximate surface area is 397 Å². The van der Waals surface area contributed by atoms with Gasteiger partial charge in [0.1, 0.15) is 0 Å². The van der Waals surface area contributed by atoms with Crippen molar-refractivity contribution in [3.05, 3.63) is 215 Å². The highest BCUT2D eigenvalue weighted by molar-refractivity contribution is 6.10. The number of benzene rings is 4. The van der Waals surface area contributed by atoms with Crippen LogP contribution in [0.15, 0.2) is 210 Å². The molecule has 1 N–H and O–H groups in total. The van der Waals surface area contributed by atoms with Crippen molar-refractivity contribution < 1.29 is 0 Å². The minimum atomic E-state index is 0.133. The maximum absolute atomic E-state index is 3.89. The minimum absolute atomic E-state index is 0.133. The molecule has 7 aliphatic carbocycles. The summed E-state index contributed by atoms with van der Waals surface area (Å²) in [5.74, 6) is 1.58. The lowest BCUT2D eigenvalue weighted by atomic mass is 9.73. The molecule has 0 bridgehead atoms. The summed E-state index contributed by atoms with van der Waals surface area (Å²) in [5.41, 5.74) is 18.3. The Morgan fingerprint density at radius 1 is 0.672 bits per heavy atom. The molecule has 1 saturated carbocycles. The first-order chi connectivity index (χ1) is 33.0. The zero-order valence-electron chi connectivity index (χ0n) is 39.1. The van der Waals surface area contributed by atoms with Gasteiger partial charge in [-0.25, -0.2) is 0 Å². The van der Waals surface area contributed by atoms with E-state index in [0.29, 0.717) is 29.8 Å². The monoisotopic (exact) mass is 874 g/mol. The van der Waals surface area contributed by atoms with Crippen LogP contribution in [-0.4, -0.2) is 22.7 Å². The Balaban J connectivity index is 0.831. The van der Waals surface area contributed by atoms with Gasteiger partial charge in [0.05, 0.1) is 23.1 Å². The molecule has 1 aliphatic heterocycles. The smallest absolute Gasteiger partial charge is 0.0565 e. The highest BCUT2D eigenvalue weighted by Crippen LogP contribution is 2.56. The number of anilines is 3. The largest absolute Gasteiger partial charge is 0.381 e. The molecule has 1 fully saturated rings. The maximum Gasteiger partial charge on any atom is 0.0565 e. The van der Waals surface area contributed by atoms with Crippen LogP contribution in [0, 0.1) is 17.3 Å². The molecule has 0 saturated heterocycles. The standard InChI is InChI=1S/C63H62N4/c1-63(2)57-22-12-9-19-51(57)54-39-48(33-36-58(54)63)66(50-35-38-62-56(41-50)53-21-11-14-24-61(53)67(62)45-17-7-4-8-18-45)47-31-27-43(28-32-47)42-25-29-46(30-26-42)65(44-15-5-3-6-16-44)49-34-37-60-55(40-49)52-20-10-13-23-59(52)64-60/h3-9,11-12,14-15,17-19,21,24-25,27,29,31-38,40-41,43-44,48,52,57,59,64H,10,13,16,20,22-23,26,28,30,39H2,1-2H3. The molecule has 13 rings (SSSR count). The summed E-state index contributed by atoms with van der Waals surface area (Å²) in [7, 11) is 0. The van der Waals surface area contributed by atoms with Crippen LogP contribution in [0.25, 0.3) is 27.5 Å². The van der Waals surface area contributed by atoms with Gasteiger partial charge in [0, 0.05) is 62.8 Å². The van der Waals surface area contributed by atoms with Crippen LogP contribution in [0.1, 0.15) is 89.5 Å².